The Morgan fingerprint density at radius 3 is 2.20 bits per heavy atom. The number of hydrogen-bond acceptors (Lipinski definition) is 2. The zero-order chi connectivity index (χ0) is 11.4. The molecule has 1 aromatic carbocycles. The molecule has 2 N–H and O–H groups in total. The van der Waals surface area contributed by atoms with Gasteiger partial charge in [0.2, 0.25) is 0 Å². The van der Waals surface area contributed by atoms with E-state index in [1.807, 2.05) is 32.0 Å². The van der Waals surface area contributed by atoms with Crippen LogP contribution in [0.2, 0.25) is 0 Å². The van der Waals surface area contributed by atoms with Crippen molar-refractivity contribution in [2.45, 2.75) is 32.5 Å². The molecular weight excluding hydrogens is 256 g/mol. The number of aliphatic hydroxyl groups is 2. The van der Waals surface area contributed by atoms with E-state index in [1.165, 1.54) is 0 Å². The van der Waals surface area contributed by atoms with E-state index in [1.54, 1.807) is 0 Å². The maximum absolute atomic E-state index is 10.0. The van der Waals surface area contributed by atoms with E-state index in [2.05, 4.69) is 15.9 Å². The zero-order valence-corrected chi connectivity index (χ0v) is 10.7. The predicted molar refractivity (Wildman–Crippen MR) is 65.3 cm³/mol. The highest BCUT2D eigenvalue weighted by Gasteiger charge is 2.20. The van der Waals surface area contributed by atoms with Gasteiger partial charge in [-0.05, 0) is 37.0 Å². The molecular formula is C12H17BrO2. The highest BCUT2D eigenvalue weighted by atomic mass is 79.9. The molecule has 2 unspecified atom stereocenters. The standard InChI is InChI=1S/C12H17BrO2/c1-8-4-3-5-9(2)11(8)12(15)10(14)6-7-13/h3-5,10,12,14-15H,6-7H2,1-2H3. The molecule has 0 saturated heterocycles. The van der Waals surface area contributed by atoms with Gasteiger partial charge in [0, 0.05) is 5.33 Å². The lowest BCUT2D eigenvalue weighted by molar-refractivity contribution is 0.0166. The van der Waals surface area contributed by atoms with Crippen molar-refractivity contribution in [3.8, 4) is 0 Å². The van der Waals surface area contributed by atoms with E-state index in [9.17, 15) is 10.2 Å². The third kappa shape index (κ3) is 3.03. The average molecular weight is 273 g/mol. The van der Waals surface area contributed by atoms with E-state index < -0.39 is 12.2 Å². The summed E-state index contributed by atoms with van der Waals surface area (Å²) in [7, 11) is 0. The zero-order valence-electron chi connectivity index (χ0n) is 9.07. The second-order valence-corrected chi connectivity index (χ2v) is 4.59. The van der Waals surface area contributed by atoms with Crippen LogP contribution >= 0.6 is 15.9 Å². The first-order valence-electron chi connectivity index (χ1n) is 5.06. The van der Waals surface area contributed by atoms with Crippen LogP contribution in [0.3, 0.4) is 0 Å². The molecule has 0 radical (unpaired) electrons. The van der Waals surface area contributed by atoms with Crippen LogP contribution in [-0.2, 0) is 0 Å². The van der Waals surface area contributed by atoms with E-state index in [0.29, 0.717) is 11.8 Å². The molecule has 0 aliphatic heterocycles. The van der Waals surface area contributed by atoms with Crippen LogP contribution in [0.25, 0.3) is 0 Å². The second-order valence-electron chi connectivity index (χ2n) is 3.80. The minimum atomic E-state index is -0.788. The molecule has 0 amide bonds. The van der Waals surface area contributed by atoms with Gasteiger partial charge in [0.25, 0.3) is 0 Å². The molecule has 0 heterocycles. The third-order valence-electron chi connectivity index (χ3n) is 2.61. The lowest BCUT2D eigenvalue weighted by Crippen LogP contribution is -2.20. The Balaban J connectivity index is 2.94. The number of aliphatic hydroxyl groups excluding tert-OH is 2. The number of rotatable bonds is 4. The van der Waals surface area contributed by atoms with Crippen LogP contribution in [-0.4, -0.2) is 21.6 Å². The Bertz CT molecular complexity index is 305. The first-order valence-corrected chi connectivity index (χ1v) is 6.18. The highest BCUT2D eigenvalue weighted by molar-refractivity contribution is 9.09. The fraction of sp³-hybridized carbons (Fsp3) is 0.500. The fourth-order valence-corrected chi connectivity index (χ4v) is 2.23. The van der Waals surface area contributed by atoms with E-state index in [4.69, 9.17) is 0 Å². The van der Waals surface area contributed by atoms with Crippen molar-refractivity contribution in [1.29, 1.82) is 0 Å². The van der Waals surface area contributed by atoms with Gasteiger partial charge in [-0.3, -0.25) is 0 Å². The van der Waals surface area contributed by atoms with Gasteiger partial charge in [0.15, 0.2) is 0 Å². The normalized spacial score (nSPS) is 15.0. The van der Waals surface area contributed by atoms with E-state index in [-0.39, 0.29) is 0 Å². The summed E-state index contributed by atoms with van der Waals surface area (Å²) in [6.45, 7) is 3.90. The van der Waals surface area contributed by atoms with Crippen LogP contribution < -0.4 is 0 Å². The molecule has 15 heavy (non-hydrogen) atoms. The average Bonchev–Trinajstić information content (AvgIpc) is 2.17. The SMILES string of the molecule is Cc1cccc(C)c1C(O)C(O)CCBr. The fourth-order valence-electron chi connectivity index (χ4n) is 1.76. The lowest BCUT2D eigenvalue weighted by Gasteiger charge is -2.21. The Hall–Kier alpha value is -0.380. The first kappa shape index (κ1) is 12.7. The maximum atomic E-state index is 10.0. The third-order valence-corrected chi connectivity index (χ3v) is 3.07. The van der Waals surface area contributed by atoms with Crippen molar-refractivity contribution in [2.24, 2.45) is 0 Å². The van der Waals surface area contributed by atoms with Gasteiger partial charge in [-0.2, -0.15) is 0 Å². The van der Waals surface area contributed by atoms with Gasteiger partial charge in [-0.1, -0.05) is 34.1 Å². The van der Waals surface area contributed by atoms with Gasteiger partial charge < -0.3 is 10.2 Å². The number of aryl methyl sites for hydroxylation is 2. The molecule has 2 atom stereocenters. The van der Waals surface area contributed by atoms with Crippen LogP contribution in [0.15, 0.2) is 18.2 Å². The van der Waals surface area contributed by atoms with Crippen molar-refractivity contribution in [3.05, 3.63) is 34.9 Å². The smallest absolute Gasteiger partial charge is 0.105 e. The molecule has 0 aliphatic rings. The molecule has 0 bridgehead atoms. The summed E-state index contributed by atoms with van der Waals surface area (Å²) in [6.07, 6.45) is -0.942. The van der Waals surface area contributed by atoms with Gasteiger partial charge in [-0.15, -0.1) is 0 Å². The molecule has 0 fully saturated rings. The molecule has 0 saturated carbocycles. The predicted octanol–water partition coefficient (Wildman–Crippen LogP) is 2.48. The largest absolute Gasteiger partial charge is 0.390 e. The van der Waals surface area contributed by atoms with Crippen molar-refractivity contribution in [3.63, 3.8) is 0 Å². The number of benzene rings is 1. The maximum Gasteiger partial charge on any atom is 0.105 e. The number of hydrogen-bond donors (Lipinski definition) is 2. The molecule has 0 spiro atoms. The van der Waals surface area contributed by atoms with E-state index in [0.717, 1.165) is 16.7 Å². The van der Waals surface area contributed by atoms with Crippen LogP contribution in [0.1, 0.15) is 29.2 Å². The molecule has 2 nitrogen and oxygen atoms in total. The Morgan fingerprint density at radius 2 is 1.73 bits per heavy atom. The molecule has 1 rings (SSSR count). The molecule has 0 aliphatic carbocycles. The van der Waals surface area contributed by atoms with Gasteiger partial charge in [-0.25, -0.2) is 0 Å². The number of halogens is 1. The summed E-state index contributed by atoms with van der Waals surface area (Å²) < 4.78 is 0. The van der Waals surface area contributed by atoms with Crippen molar-refractivity contribution in [2.75, 3.05) is 5.33 Å². The Kier molecular flexibility index (Phi) is 4.77. The van der Waals surface area contributed by atoms with E-state index >= 15 is 0 Å². The summed E-state index contributed by atoms with van der Waals surface area (Å²) in [5, 5.41) is 20.4. The van der Waals surface area contributed by atoms with Gasteiger partial charge in [0.05, 0.1) is 6.10 Å². The molecule has 0 aromatic heterocycles. The minimum Gasteiger partial charge on any atom is -0.390 e. The molecule has 1 aromatic rings. The minimum absolute atomic E-state index is 0.551. The van der Waals surface area contributed by atoms with Crippen molar-refractivity contribution in [1.82, 2.24) is 0 Å². The summed E-state index contributed by atoms with van der Waals surface area (Å²) in [5.74, 6) is 0. The summed E-state index contributed by atoms with van der Waals surface area (Å²) in [6, 6.07) is 5.86. The number of alkyl halides is 1. The second kappa shape index (κ2) is 5.64. The van der Waals surface area contributed by atoms with Crippen LogP contribution in [0.5, 0.6) is 0 Å². The van der Waals surface area contributed by atoms with Crippen LogP contribution in [0, 0.1) is 13.8 Å². The quantitative estimate of drug-likeness (QED) is 0.827. The summed E-state index contributed by atoms with van der Waals surface area (Å²) in [5.41, 5.74) is 2.90. The molecule has 3 heteroatoms. The lowest BCUT2D eigenvalue weighted by atomic mass is 9.94. The van der Waals surface area contributed by atoms with Crippen LogP contribution in [0.4, 0.5) is 0 Å². The van der Waals surface area contributed by atoms with Crippen molar-refractivity contribution >= 4 is 15.9 Å². The summed E-state index contributed by atoms with van der Waals surface area (Å²) >= 11 is 3.26. The monoisotopic (exact) mass is 272 g/mol. The Labute approximate surface area is 99.1 Å². The molecule has 84 valence electrons. The summed E-state index contributed by atoms with van der Waals surface area (Å²) in [4.78, 5) is 0. The van der Waals surface area contributed by atoms with Crippen molar-refractivity contribution < 1.29 is 10.2 Å². The first-order chi connectivity index (χ1) is 7.07. The Morgan fingerprint density at radius 1 is 1.20 bits per heavy atom. The van der Waals surface area contributed by atoms with Gasteiger partial charge in [0.1, 0.15) is 6.10 Å². The van der Waals surface area contributed by atoms with Gasteiger partial charge >= 0.3 is 0 Å². The topological polar surface area (TPSA) is 40.5 Å². The highest BCUT2D eigenvalue weighted by Crippen LogP contribution is 2.25.